The Bertz CT molecular complexity index is 279. The Kier molecular flexibility index (Phi) is 4.81. The summed E-state index contributed by atoms with van der Waals surface area (Å²) in [6.07, 6.45) is 5.58. The highest BCUT2D eigenvalue weighted by Gasteiger charge is 2.26. The molecule has 0 fully saturated rings. The van der Waals surface area contributed by atoms with Crippen LogP contribution in [-0.4, -0.2) is 21.4 Å². The topological polar surface area (TPSA) is 37.3 Å². The summed E-state index contributed by atoms with van der Waals surface area (Å²) in [5.41, 5.74) is 1.66. The molecule has 0 saturated carbocycles. The molecule has 14 heavy (non-hydrogen) atoms. The summed E-state index contributed by atoms with van der Waals surface area (Å²) in [7, 11) is 0. The van der Waals surface area contributed by atoms with Crippen molar-refractivity contribution in [3.63, 3.8) is 0 Å². The second-order valence-electron chi connectivity index (χ2n) is 3.46. The molecule has 1 N–H and O–H groups in total. The summed E-state index contributed by atoms with van der Waals surface area (Å²) in [6, 6.07) is 0. The van der Waals surface area contributed by atoms with Gasteiger partial charge in [-0.3, -0.25) is 4.79 Å². The molecule has 0 unspecified atom stereocenters. The molecule has 0 aliphatic heterocycles. The maximum atomic E-state index is 11.4. The number of alkyl halides is 1. The molecule has 0 radical (unpaired) electrons. The maximum Gasteiger partial charge on any atom is 0.162 e. The van der Waals surface area contributed by atoms with Gasteiger partial charge in [-0.2, -0.15) is 0 Å². The highest BCUT2D eigenvalue weighted by atomic mass is 127. The number of aliphatic hydroxyl groups excluding tert-OH is 1. The predicted octanol–water partition coefficient (Wildman–Crippen LogP) is 2.41. The number of allylic oxidation sites excluding steroid dienone is 3. The Labute approximate surface area is 98.2 Å². The van der Waals surface area contributed by atoms with Crippen LogP contribution in [0.25, 0.3) is 0 Å². The highest BCUT2D eigenvalue weighted by molar-refractivity contribution is 14.1. The Morgan fingerprint density at radius 3 is 2.79 bits per heavy atom. The number of carbonyl (C=O) groups excluding carboxylic acids is 1. The number of Topliss-reactive ketones (excluding diaryl/α,β-unsaturated/α-hetero) is 1. The van der Waals surface area contributed by atoms with E-state index in [0.29, 0.717) is 6.42 Å². The molecule has 78 valence electrons. The van der Waals surface area contributed by atoms with Crippen LogP contribution in [0.1, 0.15) is 26.2 Å². The van der Waals surface area contributed by atoms with Crippen molar-refractivity contribution in [2.75, 3.05) is 4.43 Å². The Morgan fingerprint density at radius 1 is 1.57 bits per heavy atom. The monoisotopic (exact) mass is 306 g/mol. The Hall–Kier alpha value is -0.160. The van der Waals surface area contributed by atoms with Crippen LogP contribution in [0, 0.1) is 0 Å². The SMILES string of the molecule is CC1=C(C/C=C\CCI)C(=O)C[C@@H]1O. The molecule has 0 aromatic carbocycles. The van der Waals surface area contributed by atoms with Gasteiger partial charge in [0.2, 0.25) is 0 Å². The van der Waals surface area contributed by atoms with Crippen LogP contribution in [0.4, 0.5) is 0 Å². The normalized spacial score (nSPS) is 22.8. The van der Waals surface area contributed by atoms with Crippen molar-refractivity contribution in [1.82, 2.24) is 0 Å². The zero-order valence-corrected chi connectivity index (χ0v) is 10.5. The van der Waals surface area contributed by atoms with Crippen molar-refractivity contribution in [3.8, 4) is 0 Å². The number of aliphatic hydroxyl groups is 1. The molecule has 1 aliphatic rings. The van der Waals surface area contributed by atoms with E-state index in [9.17, 15) is 9.90 Å². The molecule has 0 bridgehead atoms. The summed E-state index contributed by atoms with van der Waals surface area (Å²) in [5, 5.41) is 9.44. The van der Waals surface area contributed by atoms with Gasteiger partial charge in [0.15, 0.2) is 5.78 Å². The van der Waals surface area contributed by atoms with Crippen molar-refractivity contribution < 1.29 is 9.90 Å². The van der Waals surface area contributed by atoms with Crippen LogP contribution in [0.15, 0.2) is 23.3 Å². The van der Waals surface area contributed by atoms with Crippen LogP contribution in [0.5, 0.6) is 0 Å². The first-order chi connectivity index (χ1) is 6.66. The molecule has 2 nitrogen and oxygen atoms in total. The third kappa shape index (κ3) is 2.92. The van der Waals surface area contributed by atoms with Crippen LogP contribution in [0.2, 0.25) is 0 Å². The number of ketones is 1. The summed E-state index contributed by atoms with van der Waals surface area (Å²) < 4.78 is 1.10. The van der Waals surface area contributed by atoms with E-state index in [-0.39, 0.29) is 12.2 Å². The van der Waals surface area contributed by atoms with E-state index in [1.165, 1.54) is 0 Å². The standard InChI is InChI=1S/C11H15IO2/c1-8-9(5-3-2-4-6-12)11(14)7-10(8)13/h2-3,10,13H,4-7H2,1H3/b3-2-/t10-/m0/s1. The van der Waals surface area contributed by atoms with Crippen LogP contribution in [-0.2, 0) is 4.79 Å². The molecule has 1 atom stereocenters. The molecular formula is C11H15IO2. The summed E-state index contributed by atoms with van der Waals surface area (Å²) in [5.74, 6) is 0.106. The molecule has 3 heteroatoms. The minimum Gasteiger partial charge on any atom is -0.388 e. The lowest BCUT2D eigenvalue weighted by molar-refractivity contribution is -0.115. The molecule has 0 aromatic heterocycles. The van der Waals surface area contributed by atoms with Gasteiger partial charge >= 0.3 is 0 Å². The van der Waals surface area contributed by atoms with E-state index in [2.05, 4.69) is 28.7 Å². The average molecular weight is 306 g/mol. The zero-order chi connectivity index (χ0) is 10.6. The predicted molar refractivity (Wildman–Crippen MR) is 65.6 cm³/mol. The average Bonchev–Trinajstić information content (AvgIpc) is 2.38. The number of hydrogen-bond donors (Lipinski definition) is 1. The number of hydrogen-bond acceptors (Lipinski definition) is 2. The molecule has 0 heterocycles. The van der Waals surface area contributed by atoms with Crippen molar-refractivity contribution in [1.29, 1.82) is 0 Å². The molecule has 0 spiro atoms. The van der Waals surface area contributed by atoms with Crippen LogP contribution >= 0.6 is 22.6 Å². The van der Waals surface area contributed by atoms with Gasteiger partial charge < -0.3 is 5.11 Å². The van der Waals surface area contributed by atoms with Gasteiger partial charge in [-0.05, 0) is 25.3 Å². The van der Waals surface area contributed by atoms with Gasteiger partial charge in [0, 0.05) is 16.4 Å². The van der Waals surface area contributed by atoms with Crippen molar-refractivity contribution in [3.05, 3.63) is 23.3 Å². The molecular weight excluding hydrogens is 291 g/mol. The largest absolute Gasteiger partial charge is 0.388 e. The Balaban J connectivity index is 2.55. The lowest BCUT2D eigenvalue weighted by atomic mass is 10.1. The lowest BCUT2D eigenvalue weighted by Crippen LogP contribution is -2.03. The van der Waals surface area contributed by atoms with Gasteiger partial charge in [-0.25, -0.2) is 0 Å². The fourth-order valence-corrected chi connectivity index (χ4v) is 1.89. The lowest BCUT2D eigenvalue weighted by Gasteiger charge is -2.00. The molecule has 0 amide bonds. The minimum absolute atomic E-state index is 0.106. The third-order valence-corrected chi connectivity index (χ3v) is 3.08. The second-order valence-corrected chi connectivity index (χ2v) is 4.54. The molecule has 0 aromatic rings. The summed E-state index contributed by atoms with van der Waals surface area (Å²) in [4.78, 5) is 11.4. The van der Waals surface area contributed by atoms with Gasteiger partial charge in [0.1, 0.15) is 0 Å². The van der Waals surface area contributed by atoms with Crippen molar-refractivity contribution in [2.24, 2.45) is 0 Å². The van der Waals surface area contributed by atoms with Crippen LogP contribution in [0.3, 0.4) is 0 Å². The number of carbonyl (C=O) groups is 1. The first-order valence-electron chi connectivity index (χ1n) is 4.78. The van der Waals surface area contributed by atoms with Gasteiger partial charge in [0.05, 0.1) is 6.10 Å². The second kappa shape index (κ2) is 5.66. The van der Waals surface area contributed by atoms with E-state index in [4.69, 9.17) is 0 Å². The highest BCUT2D eigenvalue weighted by Crippen LogP contribution is 2.25. The number of rotatable bonds is 4. The van der Waals surface area contributed by atoms with Gasteiger partial charge in [0.25, 0.3) is 0 Å². The summed E-state index contributed by atoms with van der Waals surface area (Å²) >= 11 is 2.32. The van der Waals surface area contributed by atoms with Gasteiger partial charge in [-0.15, -0.1) is 0 Å². The van der Waals surface area contributed by atoms with E-state index < -0.39 is 6.10 Å². The quantitative estimate of drug-likeness (QED) is 0.492. The molecule has 0 saturated heterocycles. The Morgan fingerprint density at radius 2 is 2.29 bits per heavy atom. The zero-order valence-electron chi connectivity index (χ0n) is 8.29. The smallest absolute Gasteiger partial charge is 0.162 e. The first-order valence-corrected chi connectivity index (χ1v) is 6.31. The van der Waals surface area contributed by atoms with E-state index >= 15 is 0 Å². The third-order valence-electron chi connectivity index (χ3n) is 2.46. The fraction of sp³-hybridized carbons (Fsp3) is 0.545. The number of halogens is 1. The van der Waals surface area contributed by atoms with Gasteiger partial charge in [-0.1, -0.05) is 34.7 Å². The fourth-order valence-electron chi connectivity index (χ4n) is 1.53. The minimum atomic E-state index is -0.532. The van der Waals surface area contributed by atoms with Crippen molar-refractivity contribution >= 4 is 28.4 Å². The van der Waals surface area contributed by atoms with Crippen molar-refractivity contribution in [2.45, 2.75) is 32.3 Å². The van der Waals surface area contributed by atoms with E-state index in [1.807, 2.05) is 13.0 Å². The molecule has 1 rings (SSSR count). The maximum absolute atomic E-state index is 11.4. The molecule has 1 aliphatic carbocycles. The van der Waals surface area contributed by atoms with Crippen LogP contribution < -0.4 is 0 Å². The van der Waals surface area contributed by atoms with E-state index in [1.54, 1.807) is 0 Å². The summed E-state index contributed by atoms with van der Waals surface area (Å²) in [6.45, 7) is 1.84. The van der Waals surface area contributed by atoms with E-state index in [0.717, 1.165) is 22.0 Å². The first kappa shape index (κ1) is 11.9.